The van der Waals surface area contributed by atoms with E-state index in [1.807, 2.05) is 48.9 Å². The summed E-state index contributed by atoms with van der Waals surface area (Å²) in [6.07, 6.45) is 1.94. The minimum atomic E-state index is 0.00454. The Morgan fingerprint density at radius 2 is 2.05 bits per heavy atom. The van der Waals surface area contributed by atoms with Crippen LogP contribution >= 0.6 is 23.1 Å². The summed E-state index contributed by atoms with van der Waals surface area (Å²) in [7, 11) is 0. The summed E-state index contributed by atoms with van der Waals surface area (Å²) >= 11 is 2.99. The van der Waals surface area contributed by atoms with Crippen molar-refractivity contribution in [2.24, 2.45) is 0 Å². The molecule has 0 aliphatic carbocycles. The number of rotatable bonds is 2. The number of para-hydroxylation sites is 1. The Morgan fingerprint density at radius 3 is 2.79 bits per heavy atom. The van der Waals surface area contributed by atoms with E-state index >= 15 is 0 Å². The minimum absolute atomic E-state index is 0.00454. The van der Waals surface area contributed by atoms with Crippen LogP contribution in [0.5, 0.6) is 0 Å². The van der Waals surface area contributed by atoms with Gasteiger partial charge in [0.2, 0.25) is 0 Å². The molecule has 0 N–H and O–H groups in total. The number of nitrogens with zero attached hydrogens (tertiary/aromatic N) is 2. The molecule has 19 heavy (non-hydrogen) atoms. The van der Waals surface area contributed by atoms with Crippen LogP contribution in [-0.2, 0) is 0 Å². The average molecular weight is 288 g/mol. The maximum atomic E-state index is 12.6. The number of hydrogen-bond acceptors (Lipinski definition) is 4. The van der Waals surface area contributed by atoms with Crippen molar-refractivity contribution in [1.29, 1.82) is 0 Å². The van der Waals surface area contributed by atoms with E-state index in [1.165, 1.54) is 23.1 Å². The predicted molar refractivity (Wildman–Crippen MR) is 81.7 cm³/mol. The van der Waals surface area contributed by atoms with Crippen LogP contribution in [0.3, 0.4) is 0 Å². The summed E-state index contributed by atoms with van der Waals surface area (Å²) in [5, 5.41) is 3.33. The van der Waals surface area contributed by atoms with Crippen LogP contribution in [0.15, 0.2) is 45.7 Å². The molecule has 3 rings (SSSR count). The van der Waals surface area contributed by atoms with Gasteiger partial charge in [0, 0.05) is 0 Å². The molecule has 2 heterocycles. The summed E-state index contributed by atoms with van der Waals surface area (Å²) in [6.45, 7) is 2.00. The molecule has 0 bridgehead atoms. The molecular formula is C14H12N2OS2. The van der Waals surface area contributed by atoms with Gasteiger partial charge in [-0.2, -0.15) is 0 Å². The van der Waals surface area contributed by atoms with Crippen molar-refractivity contribution in [3.05, 3.63) is 51.6 Å². The van der Waals surface area contributed by atoms with Gasteiger partial charge in [0.15, 0.2) is 5.16 Å². The maximum absolute atomic E-state index is 12.6. The van der Waals surface area contributed by atoms with E-state index in [4.69, 9.17) is 0 Å². The Balaban J connectivity index is 2.43. The lowest BCUT2D eigenvalue weighted by atomic mass is 10.2. The van der Waals surface area contributed by atoms with Gasteiger partial charge >= 0.3 is 0 Å². The Morgan fingerprint density at radius 1 is 1.26 bits per heavy atom. The maximum Gasteiger partial charge on any atom is 0.267 e. The van der Waals surface area contributed by atoms with Gasteiger partial charge in [0.05, 0.1) is 11.1 Å². The molecule has 0 aliphatic heterocycles. The number of thioether (sulfide) groups is 1. The molecule has 2 aromatic heterocycles. The zero-order valence-electron chi connectivity index (χ0n) is 10.6. The summed E-state index contributed by atoms with van der Waals surface area (Å²) in [4.78, 5) is 18.0. The second-order valence-corrected chi connectivity index (χ2v) is 5.83. The number of aromatic nitrogens is 2. The molecule has 3 nitrogen and oxygen atoms in total. The number of benzene rings is 1. The van der Waals surface area contributed by atoms with Crippen molar-refractivity contribution >= 4 is 33.3 Å². The Hall–Kier alpha value is -1.59. The minimum Gasteiger partial charge on any atom is -0.268 e. The van der Waals surface area contributed by atoms with E-state index in [1.54, 1.807) is 4.57 Å². The molecular weight excluding hydrogens is 276 g/mol. The van der Waals surface area contributed by atoms with Crippen molar-refractivity contribution in [2.75, 3.05) is 6.26 Å². The first-order valence-electron chi connectivity index (χ1n) is 5.82. The number of hydrogen-bond donors (Lipinski definition) is 0. The van der Waals surface area contributed by atoms with Crippen molar-refractivity contribution in [3.8, 4) is 5.69 Å². The van der Waals surface area contributed by atoms with Crippen molar-refractivity contribution < 1.29 is 0 Å². The van der Waals surface area contributed by atoms with E-state index in [2.05, 4.69) is 4.98 Å². The molecule has 0 unspecified atom stereocenters. The van der Waals surface area contributed by atoms with Crippen molar-refractivity contribution in [2.45, 2.75) is 12.1 Å². The molecule has 0 atom stereocenters. The van der Waals surface area contributed by atoms with Gasteiger partial charge in [0.25, 0.3) is 5.56 Å². The molecule has 0 spiro atoms. The molecule has 0 aliphatic rings. The van der Waals surface area contributed by atoms with E-state index < -0.39 is 0 Å². The van der Waals surface area contributed by atoms with Gasteiger partial charge in [-0.1, -0.05) is 30.0 Å². The van der Waals surface area contributed by atoms with Gasteiger partial charge in [-0.3, -0.25) is 9.36 Å². The molecule has 96 valence electrons. The monoisotopic (exact) mass is 288 g/mol. The standard InChI is InChI=1S/C14H12N2OS2/c1-9-5-3-4-6-11(9)16-13(17)10-7-8-19-12(10)15-14(16)18-2/h3-8H,1-2H3. The first kappa shape index (κ1) is 12.4. The third-order valence-corrected chi connectivity index (χ3v) is 4.45. The molecule has 0 amide bonds. The predicted octanol–water partition coefficient (Wildman–Crippen LogP) is 3.48. The highest BCUT2D eigenvalue weighted by molar-refractivity contribution is 7.98. The summed E-state index contributed by atoms with van der Waals surface area (Å²) in [5.41, 5.74) is 1.97. The van der Waals surface area contributed by atoms with Gasteiger partial charge < -0.3 is 0 Å². The third-order valence-electron chi connectivity index (χ3n) is 3.01. The summed E-state index contributed by atoms with van der Waals surface area (Å²) in [5.74, 6) is 0. The number of aryl methyl sites for hydroxylation is 1. The zero-order chi connectivity index (χ0) is 13.4. The SMILES string of the molecule is CSc1nc2sccc2c(=O)n1-c1ccccc1C. The summed E-state index contributed by atoms with van der Waals surface area (Å²) in [6, 6.07) is 9.71. The molecule has 0 fully saturated rings. The van der Waals surface area contributed by atoms with Gasteiger partial charge in [-0.05, 0) is 36.3 Å². The highest BCUT2D eigenvalue weighted by Gasteiger charge is 2.13. The number of fused-ring (bicyclic) bond motifs is 1. The lowest BCUT2D eigenvalue weighted by Crippen LogP contribution is -2.21. The van der Waals surface area contributed by atoms with Crippen LogP contribution in [0.1, 0.15) is 5.56 Å². The fourth-order valence-corrected chi connectivity index (χ4v) is 3.42. The average Bonchev–Trinajstić information content (AvgIpc) is 2.88. The van der Waals surface area contributed by atoms with Crippen molar-refractivity contribution in [3.63, 3.8) is 0 Å². The Labute approximate surface area is 118 Å². The molecule has 1 aromatic carbocycles. The van der Waals surface area contributed by atoms with E-state index in [0.29, 0.717) is 5.39 Å². The van der Waals surface area contributed by atoms with Crippen LogP contribution in [0.2, 0.25) is 0 Å². The van der Waals surface area contributed by atoms with Crippen molar-refractivity contribution in [1.82, 2.24) is 9.55 Å². The molecule has 5 heteroatoms. The van der Waals surface area contributed by atoms with Crippen LogP contribution in [0.4, 0.5) is 0 Å². The first-order chi connectivity index (χ1) is 9.22. The second-order valence-electron chi connectivity index (χ2n) is 4.16. The van der Waals surface area contributed by atoms with Gasteiger partial charge in [-0.15, -0.1) is 11.3 Å². The largest absolute Gasteiger partial charge is 0.268 e. The normalized spacial score (nSPS) is 11.1. The zero-order valence-corrected chi connectivity index (χ0v) is 12.2. The fraction of sp³-hybridized carbons (Fsp3) is 0.143. The molecule has 0 saturated heterocycles. The Bertz CT molecular complexity index is 805. The van der Waals surface area contributed by atoms with Crippen LogP contribution in [-0.4, -0.2) is 15.8 Å². The van der Waals surface area contributed by atoms with Crippen LogP contribution in [0.25, 0.3) is 15.9 Å². The third kappa shape index (κ3) is 1.99. The fourth-order valence-electron chi connectivity index (χ4n) is 2.06. The first-order valence-corrected chi connectivity index (χ1v) is 7.93. The Kier molecular flexibility index (Phi) is 3.16. The van der Waals surface area contributed by atoms with E-state index in [-0.39, 0.29) is 5.56 Å². The molecule has 0 radical (unpaired) electrons. The smallest absolute Gasteiger partial charge is 0.267 e. The molecule has 3 aromatic rings. The van der Waals surface area contributed by atoms with Gasteiger partial charge in [-0.25, -0.2) is 4.98 Å². The lowest BCUT2D eigenvalue weighted by molar-refractivity contribution is 0.819. The summed E-state index contributed by atoms with van der Waals surface area (Å²) < 4.78 is 1.70. The topological polar surface area (TPSA) is 34.9 Å². The highest BCUT2D eigenvalue weighted by Crippen LogP contribution is 2.23. The highest BCUT2D eigenvalue weighted by atomic mass is 32.2. The van der Waals surface area contributed by atoms with E-state index in [0.717, 1.165) is 21.2 Å². The molecule has 0 saturated carbocycles. The second kappa shape index (κ2) is 4.83. The van der Waals surface area contributed by atoms with Crippen LogP contribution < -0.4 is 5.56 Å². The quantitative estimate of drug-likeness (QED) is 0.535. The van der Waals surface area contributed by atoms with Gasteiger partial charge in [0.1, 0.15) is 4.83 Å². The number of thiophene rings is 1. The van der Waals surface area contributed by atoms with E-state index in [9.17, 15) is 4.79 Å². The van der Waals surface area contributed by atoms with Crippen LogP contribution in [0, 0.1) is 6.92 Å². The lowest BCUT2D eigenvalue weighted by Gasteiger charge is -2.12.